The molecular formula is C29H32N10O4. The Morgan fingerprint density at radius 1 is 1.14 bits per heavy atom. The van der Waals surface area contributed by atoms with Gasteiger partial charge < -0.3 is 24.4 Å². The van der Waals surface area contributed by atoms with Gasteiger partial charge in [0.15, 0.2) is 11.5 Å². The topological polar surface area (TPSA) is 136 Å². The Kier molecular flexibility index (Phi) is 7.12. The second-order valence-electron chi connectivity index (χ2n) is 10.5. The second-order valence-corrected chi connectivity index (χ2v) is 10.5. The first-order chi connectivity index (χ1) is 21.1. The number of nitrogens with zero attached hydrogens (tertiary/aromatic N) is 8. The SMILES string of the molecule is COc1cc2c(cc1-n1nc(NC(=O)OCCN3CCN(C)CC3)c3cnc(-c4cnn5cccnc45)cc31)OCCN2. The number of carbonyl (C=O) groups excluding carboxylic acids is 1. The summed E-state index contributed by atoms with van der Waals surface area (Å²) in [5.74, 6) is 1.58. The number of methoxy groups -OCH3 is 1. The van der Waals surface area contributed by atoms with Crippen LogP contribution in [0.25, 0.3) is 33.5 Å². The molecule has 0 aliphatic carbocycles. The normalized spacial score (nSPS) is 15.6. The number of ether oxygens (including phenoxy) is 3. The molecule has 0 atom stereocenters. The summed E-state index contributed by atoms with van der Waals surface area (Å²) in [6.07, 6.45) is 6.38. The van der Waals surface area contributed by atoms with Crippen molar-refractivity contribution in [2.24, 2.45) is 0 Å². The molecule has 222 valence electrons. The summed E-state index contributed by atoms with van der Waals surface area (Å²) in [6.45, 7) is 6.11. The number of aromatic nitrogens is 6. The first-order valence-corrected chi connectivity index (χ1v) is 14.2. The lowest BCUT2D eigenvalue weighted by molar-refractivity contribution is 0.111. The van der Waals surface area contributed by atoms with Gasteiger partial charge in [-0.2, -0.15) is 5.10 Å². The van der Waals surface area contributed by atoms with Crippen molar-refractivity contribution in [1.82, 2.24) is 39.2 Å². The molecule has 0 radical (unpaired) electrons. The van der Waals surface area contributed by atoms with Crippen molar-refractivity contribution in [2.45, 2.75) is 0 Å². The molecule has 0 saturated carbocycles. The van der Waals surface area contributed by atoms with Crippen molar-refractivity contribution in [3.05, 3.63) is 49.1 Å². The summed E-state index contributed by atoms with van der Waals surface area (Å²) in [6, 6.07) is 7.48. The number of likely N-dealkylation sites (N-methyl/N-ethyl adjacent to an activating group) is 1. The van der Waals surface area contributed by atoms with Crippen LogP contribution in [-0.2, 0) is 4.74 Å². The lowest BCUT2D eigenvalue weighted by Gasteiger charge is -2.31. The summed E-state index contributed by atoms with van der Waals surface area (Å²) in [5, 5.41) is 16.0. The zero-order valence-electron chi connectivity index (χ0n) is 24.0. The lowest BCUT2D eigenvalue weighted by Crippen LogP contribution is -2.45. The van der Waals surface area contributed by atoms with E-state index in [4.69, 9.17) is 24.3 Å². The quantitative estimate of drug-likeness (QED) is 0.292. The number of nitrogens with one attached hydrogen (secondary N) is 2. The third kappa shape index (κ3) is 5.26. The van der Waals surface area contributed by atoms with E-state index in [1.807, 2.05) is 30.5 Å². The number of fused-ring (bicyclic) bond motifs is 3. The minimum Gasteiger partial charge on any atom is -0.494 e. The second kappa shape index (κ2) is 11.4. The molecule has 4 aromatic heterocycles. The highest BCUT2D eigenvalue weighted by Crippen LogP contribution is 2.39. The van der Waals surface area contributed by atoms with Crippen LogP contribution in [-0.4, -0.2) is 112 Å². The summed E-state index contributed by atoms with van der Waals surface area (Å²) in [5.41, 5.74) is 4.26. The molecule has 1 aromatic carbocycles. The molecule has 5 aromatic rings. The highest BCUT2D eigenvalue weighted by molar-refractivity contribution is 5.99. The van der Waals surface area contributed by atoms with Crippen LogP contribution in [0.1, 0.15) is 0 Å². The number of hydrogen-bond donors (Lipinski definition) is 2. The van der Waals surface area contributed by atoms with Crippen LogP contribution in [0.5, 0.6) is 11.5 Å². The smallest absolute Gasteiger partial charge is 0.412 e. The Balaban J connectivity index is 1.24. The summed E-state index contributed by atoms with van der Waals surface area (Å²) >= 11 is 0. The van der Waals surface area contributed by atoms with Gasteiger partial charge in [0, 0.05) is 70.0 Å². The van der Waals surface area contributed by atoms with Gasteiger partial charge in [-0.1, -0.05) is 0 Å². The molecular weight excluding hydrogens is 552 g/mol. The van der Waals surface area contributed by atoms with Crippen LogP contribution in [0.3, 0.4) is 0 Å². The minimum atomic E-state index is -0.582. The average molecular weight is 585 g/mol. The van der Waals surface area contributed by atoms with Gasteiger partial charge in [-0.3, -0.25) is 15.2 Å². The summed E-state index contributed by atoms with van der Waals surface area (Å²) < 4.78 is 20.6. The molecule has 7 rings (SSSR count). The number of piperazine rings is 1. The summed E-state index contributed by atoms with van der Waals surface area (Å²) in [7, 11) is 3.72. The molecule has 1 saturated heterocycles. The molecule has 2 aliphatic heterocycles. The van der Waals surface area contributed by atoms with E-state index < -0.39 is 6.09 Å². The van der Waals surface area contributed by atoms with E-state index in [1.54, 1.807) is 34.9 Å². The van der Waals surface area contributed by atoms with Crippen molar-refractivity contribution in [2.75, 3.05) is 77.3 Å². The zero-order chi connectivity index (χ0) is 29.3. The van der Waals surface area contributed by atoms with Crippen LogP contribution >= 0.6 is 0 Å². The van der Waals surface area contributed by atoms with Crippen molar-refractivity contribution in [1.29, 1.82) is 0 Å². The highest BCUT2D eigenvalue weighted by Gasteiger charge is 2.23. The Morgan fingerprint density at radius 3 is 2.88 bits per heavy atom. The van der Waals surface area contributed by atoms with E-state index in [-0.39, 0.29) is 6.61 Å². The first kappa shape index (κ1) is 26.9. The molecule has 43 heavy (non-hydrogen) atoms. The molecule has 6 heterocycles. The van der Waals surface area contributed by atoms with Gasteiger partial charge in [0.25, 0.3) is 0 Å². The van der Waals surface area contributed by atoms with Gasteiger partial charge in [-0.15, -0.1) is 5.10 Å². The molecule has 0 bridgehead atoms. The van der Waals surface area contributed by atoms with E-state index in [9.17, 15) is 4.79 Å². The summed E-state index contributed by atoms with van der Waals surface area (Å²) in [4.78, 5) is 26.7. The maximum Gasteiger partial charge on any atom is 0.412 e. The van der Waals surface area contributed by atoms with Crippen LogP contribution in [0.15, 0.2) is 49.1 Å². The third-order valence-corrected chi connectivity index (χ3v) is 7.76. The minimum absolute atomic E-state index is 0.279. The van der Waals surface area contributed by atoms with Crippen molar-refractivity contribution in [3.63, 3.8) is 0 Å². The Morgan fingerprint density at radius 2 is 2.02 bits per heavy atom. The van der Waals surface area contributed by atoms with Gasteiger partial charge in [0.2, 0.25) is 0 Å². The molecule has 14 nitrogen and oxygen atoms in total. The van der Waals surface area contributed by atoms with Crippen LogP contribution in [0.4, 0.5) is 16.3 Å². The lowest BCUT2D eigenvalue weighted by atomic mass is 10.1. The van der Waals surface area contributed by atoms with E-state index in [0.29, 0.717) is 64.9 Å². The predicted octanol–water partition coefficient (Wildman–Crippen LogP) is 2.74. The van der Waals surface area contributed by atoms with Crippen molar-refractivity contribution < 1.29 is 19.0 Å². The molecule has 14 heteroatoms. The third-order valence-electron chi connectivity index (χ3n) is 7.76. The Hall–Kier alpha value is -4.95. The van der Waals surface area contributed by atoms with Gasteiger partial charge in [0.1, 0.15) is 30.4 Å². The fourth-order valence-electron chi connectivity index (χ4n) is 5.40. The highest BCUT2D eigenvalue weighted by atomic mass is 16.5. The van der Waals surface area contributed by atoms with Gasteiger partial charge in [-0.25, -0.2) is 19.0 Å². The number of carbonyl (C=O) groups is 1. The van der Waals surface area contributed by atoms with Crippen molar-refractivity contribution >= 4 is 34.1 Å². The van der Waals surface area contributed by atoms with Gasteiger partial charge in [-0.05, 0) is 19.2 Å². The number of rotatable bonds is 7. The molecule has 2 aliphatic rings. The van der Waals surface area contributed by atoms with Crippen LogP contribution < -0.4 is 20.1 Å². The molecule has 1 fully saturated rings. The van der Waals surface area contributed by atoms with E-state index in [2.05, 4.69) is 37.6 Å². The van der Waals surface area contributed by atoms with Crippen LogP contribution in [0, 0.1) is 0 Å². The van der Waals surface area contributed by atoms with Crippen molar-refractivity contribution in [3.8, 4) is 28.4 Å². The molecule has 0 unspecified atom stereocenters. The zero-order valence-corrected chi connectivity index (χ0v) is 24.0. The van der Waals surface area contributed by atoms with E-state index in [1.165, 1.54) is 0 Å². The molecule has 2 N–H and O–H groups in total. The monoisotopic (exact) mass is 584 g/mol. The fourth-order valence-corrected chi connectivity index (χ4v) is 5.40. The number of hydrogen-bond acceptors (Lipinski definition) is 11. The number of anilines is 2. The number of pyridine rings is 1. The van der Waals surface area contributed by atoms with E-state index in [0.717, 1.165) is 37.4 Å². The largest absolute Gasteiger partial charge is 0.494 e. The maximum absolute atomic E-state index is 12.9. The predicted molar refractivity (Wildman–Crippen MR) is 160 cm³/mol. The fraction of sp³-hybridized carbons (Fsp3) is 0.345. The Bertz CT molecular complexity index is 1790. The van der Waals surface area contributed by atoms with Gasteiger partial charge >= 0.3 is 6.09 Å². The standard InChI is InChI=1S/C29H32N10O4/c1-36-7-9-37(10-8-36)11-13-43-29(40)34-27-20-17-32-21(19-18-33-38-6-3-4-31-28(19)38)14-23(20)39(35-27)24-16-25-22(15-26(24)41-2)30-5-12-42-25/h3-4,6,14-18,30H,5,7-13H2,1-2H3,(H,34,35,40). The van der Waals surface area contributed by atoms with Crippen LogP contribution in [0.2, 0.25) is 0 Å². The van der Waals surface area contributed by atoms with Gasteiger partial charge in [0.05, 0.1) is 41.2 Å². The maximum atomic E-state index is 12.9. The van der Waals surface area contributed by atoms with E-state index >= 15 is 0 Å². The first-order valence-electron chi connectivity index (χ1n) is 14.2. The number of benzene rings is 1. The molecule has 1 amide bonds. The average Bonchev–Trinajstić information content (AvgIpc) is 3.62. The Labute approximate surface area is 247 Å². The molecule has 0 spiro atoms. The number of amides is 1.